The number of ether oxygens (including phenoxy) is 1. The zero-order valence-electron chi connectivity index (χ0n) is 9.21. The molecule has 1 aromatic carbocycles. The van der Waals surface area contributed by atoms with Crippen LogP contribution in [-0.4, -0.2) is 12.6 Å². The Bertz CT molecular complexity index is 449. The van der Waals surface area contributed by atoms with E-state index < -0.39 is 5.97 Å². The maximum Gasteiger partial charge on any atom is 0.339 e. The number of esters is 1. The first-order chi connectivity index (χ1) is 7.63. The molecule has 0 radical (unpaired) electrons. The maximum absolute atomic E-state index is 11.6. The Kier molecular flexibility index (Phi) is 4.51. The molecule has 0 aromatic heterocycles. The van der Waals surface area contributed by atoms with Crippen LogP contribution in [0.15, 0.2) is 16.6 Å². The molecule has 0 N–H and O–H groups in total. The van der Waals surface area contributed by atoms with E-state index in [2.05, 4.69) is 15.9 Å². The molecule has 1 rings (SSSR count). The van der Waals surface area contributed by atoms with Crippen molar-refractivity contribution < 1.29 is 9.53 Å². The molecule has 0 heterocycles. The van der Waals surface area contributed by atoms with E-state index >= 15 is 0 Å². The van der Waals surface area contributed by atoms with Crippen LogP contribution in [0.1, 0.15) is 35.3 Å². The lowest BCUT2D eigenvalue weighted by atomic mass is 10.0. The summed E-state index contributed by atoms with van der Waals surface area (Å²) >= 11 is 3.37. The Morgan fingerprint density at radius 3 is 2.69 bits per heavy atom. The average Bonchev–Trinajstić information content (AvgIpc) is 2.29. The maximum atomic E-state index is 11.6. The van der Waals surface area contributed by atoms with E-state index in [4.69, 9.17) is 10.00 Å². The fraction of sp³-hybridized carbons (Fsp3) is 0.333. The van der Waals surface area contributed by atoms with Gasteiger partial charge in [0.1, 0.15) is 0 Å². The molecule has 0 amide bonds. The van der Waals surface area contributed by atoms with Gasteiger partial charge in [-0.25, -0.2) is 4.79 Å². The van der Waals surface area contributed by atoms with Gasteiger partial charge in [0.2, 0.25) is 0 Å². The van der Waals surface area contributed by atoms with Gasteiger partial charge >= 0.3 is 5.97 Å². The first kappa shape index (κ1) is 12.7. The lowest BCUT2D eigenvalue weighted by molar-refractivity contribution is 0.0525. The van der Waals surface area contributed by atoms with Crippen LogP contribution < -0.4 is 0 Å². The van der Waals surface area contributed by atoms with E-state index in [1.165, 1.54) is 0 Å². The molecule has 0 aliphatic heterocycles. The van der Waals surface area contributed by atoms with Crippen LogP contribution in [-0.2, 0) is 11.2 Å². The SMILES string of the molecule is CCOC(=O)c1cc(C#N)cc(CC)c1Br. The Hall–Kier alpha value is -1.34. The molecule has 16 heavy (non-hydrogen) atoms. The van der Waals surface area contributed by atoms with Crippen molar-refractivity contribution in [3.05, 3.63) is 33.3 Å². The Balaban J connectivity index is 3.27. The van der Waals surface area contributed by atoms with Crippen molar-refractivity contribution in [3.8, 4) is 6.07 Å². The van der Waals surface area contributed by atoms with Gasteiger partial charge in [-0.2, -0.15) is 5.26 Å². The molecule has 3 nitrogen and oxygen atoms in total. The second-order valence-corrected chi connectivity index (χ2v) is 3.98. The van der Waals surface area contributed by atoms with E-state index in [9.17, 15) is 4.79 Å². The summed E-state index contributed by atoms with van der Waals surface area (Å²) in [6.07, 6.45) is 0.752. The molecular formula is C12H12BrNO2. The molecule has 0 atom stereocenters. The number of benzene rings is 1. The standard InChI is InChI=1S/C12H12BrNO2/c1-3-9-5-8(7-14)6-10(11(9)13)12(15)16-4-2/h5-6H,3-4H2,1-2H3. The van der Waals surface area contributed by atoms with Crippen molar-refractivity contribution in [3.63, 3.8) is 0 Å². The summed E-state index contributed by atoms with van der Waals surface area (Å²) in [4.78, 5) is 11.6. The largest absolute Gasteiger partial charge is 0.462 e. The summed E-state index contributed by atoms with van der Waals surface area (Å²) in [6, 6.07) is 5.35. The minimum Gasteiger partial charge on any atom is -0.462 e. The number of hydrogen-bond donors (Lipinski definition) is 0. The average molecular weight is 282 g/mol. The predicted octanol–water partition coefficient (Wildman–Crippen LogP) is 3.06. The molecular weight excluding hydrogens is 270 g/mol. The van der Waals surface area contributed by atoms with Crippen LogP contribution in [0.4, 0.5) is 0 Å². The highest BCUT2D eigenvalue weighted by Crippen LogP contribution is 2.25. The Morgan fingerprint density at radius 2 is 2.19 bits per heavy atom. The second-order valence-electron chi connectivity index (χ2n) is 3.18. The minimum atomic E-state index is -0.402. The number of rotatable bonds is 3. The number of nitriles is 1. The summed E-state index contributed by atoms with van der Waals surface area (Å²) in [6.45, 7) is 4.04. The summed E-state index contributed by atoms with van der Waals surface area (Å²) in [5, 5.41) is 8.87. The summed E-state index contributed by atoms with van der Waals surface area (Å²) in [5.74, 6) is -0.402. The van der Waals surface area contributed by atoms with Crippen molar-refractivity contribution in [2.24, 2.45) is 0 Å². The van der Waals surface area contributed by atoms with Gasteiger partial charge in [-0.15, -0.1) is 0 Å². The van der Waals surface area contributed by atoms with E-state index in [1.54, 1.807) is 19.1 Å². The number of aryl methyl sites for hydroxylation is 1. The van der Waals surface area contributed by atoms with Gasteiger partial charge in [0.15, 0.2) is 0 Å². The second kappa shape index (κ2) is 5.66. The van der Waals surface area contributed by atoms with Crippen LogP contribution in [0.2, 0.25) is 0 Å². The number of halogens is 1. The van der Waals surface area contributed by atoms with Crippen molar-refractivity contribution >= 4 is 21.9 Å². The predicted molar refractivity (Wildman–Crippen MR) is 64.2 cm³/mol. The lowest BCUT2D eigenvalue weighted by Gasteiger charge is -2.08. The number of nitrogens with zero attached hydrogens (tertiary/aromatic N) is 1. The van der Waals surface area contributed by atoms with Gasteiger partial charge in [-0.1, -0.05) is 6.92 Å². The zero-order valence-corrected chi connectivity index (χ0v) is 10.8. The highest BCUT2D eigenvalue weighted by atomic mass is 79.9. The third-order valence-electron chi connectivity index (χ3n) is 2.15. The summed E-state index contributed by atoms with van der Waals surface area (Å²) in [5.41, 5.74) is 1.82. The fourth-order valence-electron chi connectivity index (χ4n) is 1.36. The van der Waals surface area contributed by atoms with Crippen molar-refractivity contribution in [2.75, 3.05) is 6.61 Å². The van der Waals surface area contributed by atoms with E-state index in [-0.39, 0.29) is 0 Å². The first-order valence-electron chi connectivity index (χ1n) is 5.03. The highest BCUT2D eigenvalue weighted by Gasteiger charge is 2.15. The first-order valence-corrected chi connectivity index (χ1v) is 5.82. The topological polar surface area (TPSA) is 50.1 Å². The molecule has 84 valence electrons. The normalized spacial score (nSPS) is 9.62. The van der Waals surface area contributed by atoms with E-state index in [1.807, 2.05) is 13.0 Å². The van der Waals surface area contributed by atoms with Crippen molar-refractivity contribution in [2.45, 2.75) is 20.3 Å². The van der Waals surface area contributed by atoms with Gasteiger partial charge in [-0.3, -0.25) is 0 Å². The fourth-order valence-corrected chi connectivity index (χ4v) is 2.03. The highest BCUT2D eigenvalue weighted by molar-refractivity contribution is 9.10. The molecule has 0 saturated heterocycles. The third-order valence-corrected chi connectivity index (χ3v) is 3.09. The molecule has 4 heteroatoms. The molecule has 0 saturated carbocycles. The Morgan fingerprint density at radius 1 is 1.50 bits per heavy atom. The zero-order chi connectivity index (χ0) is 12.1. The molecule has 0 aliphatic carbocycles. The molecule has 1 aromatic rings. The molecule has 0 unspecified atom stereocenters. The summed E-state index contributed by atoms with van der Waals surface area (Å²) in [7, 11) is 0. The lowest BCUT2D eigenvalue weighted by Crippen LogP contribution is -2.07. The smallest absolute Gasteiger partial charge is 0.339 e. The van der Waals surface area contributed by atoms with Crippen molar-refractivity contribution in [1.29, 1.82) is 5.26 Å². The van der Waals surface area contributed by atoms with Gasteiger partial charge in [-0.05, 0) is 47.0 Å². The van der Waals surface area contributed by atoms with E-state index in [0.29, 0.717) is 22.2 Å². The van der Waals surface area contributed by atoms with Crippen molar-refractivity contribution in [1.82, 2.24) is 0 Å². The minimum absolute atomic E-state index is 0.323. The molecule has 0 aliphatic rings. The third kappa shape index (κ3) is 2.61. The van der Waals surface area contributed by atoms with E-state index in [0.717, 1.165) is 12.0 Å². The van der Waals surface area contributed by atoms with Gasteiger partial charge < -0.3 is 4.74 Å². The molecule has 0 bridgehead atoms. The quantitative estimate of drug-likeness (QED) is 0.800. The van der Waals surface area contributed by atoms with Crippen LogP contribution in [0, 0.1) is 11.3 Å². The molecule has 0 fully saturated rings. The number of carbonyl (C=O) groups is 1. The molecule has 0 spiro atoms. The summed E-state index contributed by atoms with van der Waals surface area (Å²) < 4.78 is 5.64. The van der Waals surface area contributed by atoms with Crippen LogP contribution >= 0.6 is 15.9 Å². The van der Waals surface area contributed by atoms with Gasteiger partial charge in [0.05, 0.1) is 23.8 Å². The number of hydrogen-bond acceptors (Lipinski definition) is 3. The van der Waals surface area contributed by atoms with Gasteiger partial charge in [0.25, 0.3) is 0 Å². The van der Waals surface area contributed by atoms with Crippen LogP contribution in [0.5, 0.6) is 0 Å². The van der Waals surface area contributed by atoms with Crippen LogP contribution in [0.25, 0.3) is 0 Å². The number of carbonyl (C=O) groups excluding carboxylic acids is 1. The van der Waals surface area contributed by atoms with Crippen LogP contribution in [0.3, 0.4) is 0 Å². The monoisotopic (exact) mass is 281 g/mol. The Labute approximate surface area is 103 Å². The van der Waals surface area contributed by atoms with Gasteiger partial charge in [0, 0.05) is 4.47 Å².